The minimum absolute atomic E-state index is 0. The number of ether oxygens (including phenoxy) is 2. The molecule has 12 atom stereocenters. The van der Waals surface area contributed by atoms with Gasteiger partial charge in [-0.2, -0.15) is 53.5 Å². The Morgan fingerprint density at radius 1 is 0.363 bits per heavy atom. The van der Waals surface area contributed by atoms with Crippen molar-refractivity contribution in [2.24, 2.45) is 29.4 Å². The smallest absolute Gasteiger partial charge is 1.00 e. The van der Waals surface area contributed by atoms with Gasteiger partial charge in [0.25, 0.3) is 0 Å². The first kappa shape index (κ1) is 147. The minimum atomic E-state index is -0.553. The standard InChI is InChI=1S/C23H43N3O5S.C21H38N2O5S.C18H35N3O3S.C17H29N2O4S.4C2H6.CH2Cl2.ClH.Na.H2O/c1-16(27)18(11-13-32-15-20(25-7)17(2)28)14-21(29)19(24-6)10-8-9-12-26-22(30)31-23(3,4)5;1-14(24)16(10-11-29-13-18(23-7)15(2)25)12-19(26)17(22-6)8-9-20(27)28-21(3,4)5;1-13(22)15(8-10-25-12-17(21-4)14(2)23)11-18(24)16(20-3)7-5-6-9-19;1-12(21)14(7-9-24-11-16(19-4)13(2)22)10-17(23)15(18-3)6-5-8-20;4*1-2;2-1-3;;;/h18-20,24-25H,8-15H2,1-7H3,(H,26,30);16-18,22-23H,8-13H2,1-7H3;15-17,20-21H,5-12,19H2,1-4H3;14-16,18-19H,5-7,9-11H2,1-4H3;4*1-2H3;1H2;1H;;1H2/q;;;-1;;;;;;;+1;/t18-,19+,20+;16-,17+,18+;15-,16+,17+;14-,15+,16+;;;;;;;;/m1111......../s1. The van der Waals surface area contributed by atoms with E-state index in [2.05, 4.69) is 47.9 Å². The first-order valence-electron chi connectivity index (χ1n) is 43.2. The molecule has 0 aliphatic rings. The van der Waals surface area contributed by atoms with E-state index in [0.29, 0.717) is 86.8 Å². The molecular formula is C88H174Cl3N10NaO18S4. The van der Waals surface area contributed by atoms with Crippen molar-refractivity contribution in [3.63, 3.8) is 0 Å². The molecule has 0 aromatic heterocycles. The molecule has 0 aliphatic heterocycles. The third-order valence-corrected chi connectivity index (χ3v) is 22.5. The van der Waals surface area contributed by atoms with Crippen molar-refractivity contribution >= 4 is 158 Å². The maximum atomic E-state index is 12.7. The van der Waals surface area contributed by atoms with Crippen molar-refractivity contribution < 1.29 is 129 Å². The fourth-order valence-electron chi connectivity index (χ4n) is 10.9. The number of Topliss-reactive ketones (excluding diaryl/α,β-unsaturated/α-hetero) is 12. The zero-order valence-corrected chi connectivity index (χ0v) is 89.8. The van der Waals surface area contributed by atoms with Gasteiger partial charge in [0, 0.05) is 85.3 Å². The first-order valence-corrected chi connectivity index (χ1v) is 48.8. The molecule has 0 spiro atoms. The van der Waals surface area contributed by atoms with Gasteiger partial charge in [-0.25, -0.2) is 4.79 Å². The zero-order valence-electron chi connectivity index (χ0n) is 82.3. The van der Waals surface area contributed by atoms with Crippen LogP contribution in [0, 0.1) is 23.7 Å². The number of carbonyl (C=O) groups excluding carboxylic acids is 15. The Kier molecular flexibility index (Phi) is 116. The maximum Gasteiger partial charge on any atom is 1.00 e. The van der Waals surface area contributed by atoms with E-state index in [4.69, 9.17) is 38.4 Å². The van der Waals surface area contributed by atoms with Crippen LogP contribution in [0.25, 0.3) is 0 Å². The Balaban J connectivity index is -0.000000129. The number of alkyl carbamates (subject to hydrolysis) is 1. The molecule has 0 heterocycles. The van der Waals surface area contributed by atoms with Gasteiger partial charge in [0.2, 0.25) is 0 Å². The number of esters is 1. The number of amides is 1. The number of thioether (sulfide) groups is 4. The molecule has 14 N–H and O–H groups in total. The molecule has 36 heteroatoms. The monoisotopic (exact) mass is 1920 g/mol. The van der Waals surface area contributed by atoms with Crippen LogP contribution in [0.2, 0.25) is 0 Å². The van der Waals surface area contributed by atoms with Crippen molar-refractivity contribution in [3.8, 4) is 0 Å². The SMILES string of the molecule is CC.CC.CC.CC.CN[C@@H](CSCC[C@H](CC(=O)[C@H](CCC(=O)OC(C)(C)C)NC)C(C)=O)C(C)=O.CN[C@@H](CSCC[C@H](CC(=O)[C@H](CCCCN)NC)C(C)=O)C(C)=O.CN[C@@H](CSCC[C@H](CC(=O)[C@H](CCCCNC(=O)OC(C)(C)C)NC)C(C)=O)C(C)=O.CN[C@@H](CSCC[C@H](CC(=O)[C@H](CC[C-]=O)NC)C(C)=O)C(C)=O.ClCCl.[Cl-].[Na+].[OH3+]. The summed E-state index contributed by atoms with van der Waals surface area (Å²) in [6.45, 7) is 40.3. The fourth-order valence-corrected chi connectivity index (χ4v) is 15.9. The number of rotatable bonds is 63. The second-order valence-electron chi connectivity index (χ2n) is 29.7. The second kappa shape index (κ2) is 97.8. The molecule has 28 nitrogen and oxygen atoms in total. The molecule has 0 unspecified atom stereocenters. The predicted octanol–water partition coefficient (Wildman–Crippen LogP) is 5.60. The summed E-state index contributed by atoms with van der Waals surface area (Å²) in [5, 5.41) is 26.7. The van der Waals surface area contributed by atoms with Gasteiger partial charge in [0.15, 0.2) is 0 Å². The molecule has 0 bridgehead atoms. The van der Waals surface area contributed by atoms with Gasteiger partial charge >= 0.3 is 41.6 Å². The average Bonchev–Trinajstić information content (AvgIpc) is 0.846. The number of halogens is 3. The largest absolute Gasteiger partial charge is 1.00 e. The van der Waals surface area contributed by atoms with Crippen LogP contribution < -0.4 is 95.5 Å². The Hall–Kier alpha value is -2.68. The van der Waals surface area contributed by atoms with Crippen molar-refractivity contribution in [1.82, 2.24) is 47.9 Å². The van der Waals surface area contributed by atoms with E-state index in [9.17, 15) is 71.9 Å². The van der Waals surface area contributed by atoms with Crippen molar-refractivity contribution in [2.45, 2.75) is 327 Å². The molecule has 0 saturated carbocycles. The van der Waals surface area contributed by atoms with Gasteiger partial charge in [0.1, 0.15) is 80.6 Å². The molecule has 0 aromatic carbocycles. The summed E-state index contributed by atoms with van der Waals surface area (Å²) in [5.74, 6) is 4.45. The van der Waals surface area contributed by atoms with Gasteiger partial charge in [-0.15, -0.1) is 23.2 Å². The van der Waals surface area contributed by atoms with Crippen LogP contribution >= 0.6 is 70.2 Å². The van der Waals surface area contributed by atoms with Crippen LogP contribution in [0.3, 0.4) is 0 Å². The Morgan fingerprint density at radius 3 is 0.806 bits per heavy atom. The van der Waals surface area contributed by atoms with Crippen LogP contribution in [0.4, 0.5) is 4.79 Å². The Morgan fingerprint density at radius 2 is 0.597 bits per heavy atom. The third-order valence-electron chi connectivity index (χ3n) is 18.1. The molecule has 0 fully saturated rings. The van der Waals surface area contributed by atoms with Crippen molar-refractivity contribution in [2.75, 3.05) is 121 Å². The summed E-state index contributed by atoms with van der Waals surface area (Å²) < 4.78 is 10.5. The zero-order chi connectivity index (χ0) is 95.8. The number of unbranched alkanes of at least 4 members (excludes halogenated alkanes) is 2. The van der Waals surface area contributed by atoms with Gasteiger partial charge < -0.3 is 85.7 Å². The van der Waals surface area contributed by atoms with E-state index >= 15 is 0 Å². The van der Waals surface area contributed by atoms with Gasteiger partial charge in [-0.05, 0) is 247 Å². The van der Waals surface area contributed by atoms with E-state index < -0.39 is 29.4 Å². The summed E-state index contributed by atoms with van der Waals surface area (Å²) in [4.78, 5) is 177. The average molecular weight is 1920 g/mol. The molecule has 1 amide bonds. The molecule has 0 aliphatic carbocycles. The molecule has 0 saturated heterocycles. The Bertz CT molecular complexity index is 2780. The molecule has 124 heavy (non-hydrogen) atoms. The number of hydrogen-bond acceptors (Lipinski definition) is 30. The van der Waals surface area contributed by atoms with Crippen molar-refractivity contribution in [3.05, 3.63) is 0 Å². The minimum Gasteiger partial charge on any atom is -1.00 e. The second-order valence-corrected chi connectivity index (χ2v) is 35.1. The van der Waals surface area contributed by atoms with Crippen LogP contribution in [0.1, 0.15) is 268 Å². The maximum absolute atomic E-state index is 12.7. The van der Waals surface area contributed by atoms with E-state index in [0.717, 1.165) is 49.4 Å². The normalized spacial score (nSPS) is 13.3. The van der Waals surface area contributed by atoms with Gasteiger partial charge in [-0.1, -0.05) is 68.2 Å². The topological polar surface area (TPSA) is 442 Å². The van der Waals surface area contributed by atoms with Crippen LogP contribution in [0.15, 0.2) is 0 Å². The van der Waals surface area contributed by atoms with E-state index in [1.165, 1.54) is 20.8 Å². The van der Waals surface area contributed by atoms with Crippen LogP contribution in [-0.2, 0) is 82.1 Å². The van der Waals surface area contributed by atoms with E-state index in [-0.39, 0.29) is 227 Å². The van der Waals surface area contributed by atoms with Crippen LogP contribution in [0.5, 0.6) is 0 Å². The van der Waals surface area contributed by atoms with Gasteiger partial charge in [0.05, 0.1) is 53.7 Å². The summed E-state index contributed by atoms with van der Waals surface area (Å²) in [6, 6.07) is -2.12. The summed E-state index contributed by atoms with van der Waals surface area (Å²) >= 11 is 16.0. The third kappa shape index (κ3) is 88.6. The number of hydrogen-bond donors (Lipinski definition) is 10. The summed E-state index contributed by atoms with van der Waals surface area (Å²) in [5.41, 5.74) is 4.41. The number of nitrogens with two attached hydrogens (primary N) is 1. The summed E-state index contributed by atoms with van der Waals surface area (Å²) in [7, 11) is 13.9. The molecule has 730 valence electrons. The predicted molar refractivity (Wildman–Crippen MR) is 516 cm³/mol. The first-order chi connectivity index (χ1) is 57.0. The molecular weight excluding hydrogens is 1740 g/mol. The number of likely N-dealkylation sites (N-methyl/N-ethyl adjacent to an activating group) is 8. The molecule has 0 radical (unpaired) electrons. The number of ketones is 12. The van der Waals surface area contributed by atoms with Crippen LogP contribution in [-0.4, -0.2) is 268 Å². The molecule has 0 rings (SSSR count). The van der Waals surface area contributed by atoms with Crippen molar-refractivity contribution in [1.29, 1.82) is 0 Å². The number of alkyl halides is 2. The van der Waals surface area contributed by atoms with E-state index in [1.54, 1.807) is 165 Å². The number of nitrogens with one attached hydrogen (secondary N) is 9. The molecule has 0 aromatic rings. The quantitative estimate of drug-likeness (QED) is 0.00884. The van der Waals surface area contributed by atoms with E-state index in [1.807, 2.05) is 76.2 Å². The number of carbonyl (C=O) groups is 14. The Labute approximate surface area is 806 Å². The summed E-state index contributed by atoms with van der Waals surface area (Å²) in [6.07, 6.45) is 10.5. The van der Waals surface area contributed by atoms with Gasteiger partial charge in [-0.3, -0.25) is 68.6 Å². The fraction of sp³-hybridized carbons (Fsp3) is 0.830.